The minimum atomic E-state index is -0.950. The Kier molecular flexibility index (Phi) is 7.68. The highest BCUT2D eigenvalue weighted by molar-refractivity contribution is 5.98. The molecule has 5 nitrogen and oxygen atoms in total. The summed E-state index contributed by atoms with van der Waals surface area (Å²) in [5, 5.41) is 13.2. The zero-order chi connectivity index (χ0) is 28.0. The number of carboxylic acid groups (broad SMARTS) is 1. The summed E-state index contributed by atoms with van der Waals surface area (Å²) in [6, 6.07) is 38.3. The number of carboxylic acids is 1. The Morgan fingerprint density at radius 2 is 1.37 bits per heavy atom. The van der Waals surface area contributed by atoms with Crippen LogP contribution in [0.4, 0.5) is 0 Å². The third kappa shape index (κ3) is 5.80. The molecule has 2 N–H and O–H groups in total. The van der Waals surface area contributed by atoms with E-state index in [9.17, 15) is 9.90 Å². The molecule has 0 unspecified atom stereocenters. The highest BCUT2D eigenvalue weighted by Crippen LogP contribution is 2.30. The molecule has 6 rings (SSSR count). The molecule has 1 aromatic heterocycles. The third-order valence-corrected chi connectivity index (χ3v) is 7.46. The van der Waals surface area contributed by atoms with Crippen LogP contribution >= 0.6 is 0 Å². The average molecular weight is 542 g/mol. The number of aryl methyl sites for hydroxylation is 1. The van der Waals surface area contributed by atoms with Crippen molar-refractivity contribution in [2.24, 2.45) is 0 Å². The zero-order valence-electron chi connectivity index (χ0n) is 22.7. The van der Waals surface area contributed by atoms with Gasteiger partial charge < -0.3 is 19.6 Å². The molecule has 5 aromatic carbocycles. The first-order valence-electron chi connectivity index (χ1n) is 13.9. The van der Waals surface area contributed by atoms with Gasteiger partial charge in [-0.05, 0) is 65.1 Å². The smallest absolute Gasteiger partial charge is 0.352 e. The van der Waals surface area contributed by atoms with E-state index in [4.69, 9.17) is 9.47 Å². The van der Waals surface area contributed by atoms with Crippen molar-refractivity contribution in [3.8, 4) is 11.5 Å². The number of hydrogen-bond donors (Lipinski definition) is 2. The minimum Gasteiger partial charge on any atom is -0.493 e. The van der Waals surface area contributed by atoms with Gasteiger partial charge in [-0.3, -0.25) is 0 Å². The van der Waals surface area contributed by atoms with Gasteiger partial charge in [-0.15, -0.1) is 0 Å². The Morgan fingerprint density at radius 1 is 0.683 bits per heavy atom. The number of hydrogen-bond acceptors (Lipinski definition) is 3. The monoisotopic (exact) mass is 541 g/mol. The van der Waals surface area contributed by atoms with Crippen LogP contribution < -0.4 is 9.47 Å². The van der Waals surface area contributed by atoms with Gasteiger partial charge in [0.15, 0.2) is 0 Å². The molecular weight excluding hydrogens is 510 g/mol. The van der Waals surface area contributed by atoms with Gasteiger partial charge in [0.2, 0.25) is 0 Å². The van der Waals surface area contributed by atoms with E-state index in [2.05, 4.69) is 41.4 Å². The fraction of sp³-hybridized carbons (Fsp3) is 0.139. The first-order chi connectivity index (χ1) is 20.2. The van der Waals surface area contributed by atoms with E-state index in [-0.39, 0.29) is 5.69 Å². The highest BCUT2D eigenvalue weighted by Gasteiger charge is 2.19. The lowest BCUT2D eigenvalue weighted by atomic mass is 9.97. The first kappa shape index (κ1) is 26.2. The Morgan fingerprint density at radius 3 is 2.22 bits per heavy atom. The molecule has 0 spiro atoms. The lowest BCUT2D eigenvalue weighted by molar-refractivity contribution is 0.0690. The van der Waals surface area contributed by atoms with E-state index >= 15 is 0 Å². The molecule has 0 bridgehead atoms. The zero-order valence-corrected chi connectivity index (χ0v) is 22.7. The largest absolute Gasteiger partial charge is 0.493 e. The molecule has 1 heterocycles. The number of aromatic carboxylic acids is 1. The number of benzene rings is 5. The Labute approximate surface area is 239 Å². The molecule has 6 aromatic rings. The highest BCUT2D eigenvalue weighted by atomic mass is 16.5. The topological polar surface area (TPSA) is 71.5 Å². The van der Waals surface area contributed by atoms with Crippen molar-refractivity contribution in [1.82, 2.24) is 4.98 Å². The van der Waals surface area contributed by atoms with E-state index in [1.54, 1.807) is 0 Å². The normalized spacial score (nSPS) is 11.1. The molecule has 0 fully saturated rings. The first-order valence-corrected chi connectivity index (χ1v) is 13.9. The molecule has 5 heteroatoms. The van der Waals surface area contributed by atoms with Crippen molar-refractivity contribution in [1.29, 1.82) is 0 Å². The summed E-state index contributed by atoms with van der Waals surface area (Å²) in [5.41, 5.74) is 5.23. The number of aromatic nitrogens is 1. The quantitative estimate of drug-likeness (QED) is 0.162. The molecule has 0 aliphatic carbocycles. The van der Waals surface area contributed by atoms with E-state index in [1.165, 1.54) is 0 Å². The lowest BCUT2D eigenvalue weighted by Crippen LogP contribution is -2.04. The van der Waals surface area contributed by atoms with Gasteiger partial charge in [-0.25, -0.2) is 4.79 Å². The van der Waals surface area contributed by atoms with Crippen LogP contribution in [0, 0.1) is 0 Å². The van der Waals surface area contributed by atoms with Gasteiger partial charge in [0.25, 0.3) is 0 Å². The second-order valence-electron chi connectivity index (χ2n) is 10.1. The summed E-state index contributed by atoms with van der Waals surface area (Å²) in [5.74, 6) is 0.723. The Balaban J connectivity index is 1.21. The number of fused-ring (bicyclic) bond motifs is 2. The van der Waals surface area contributed by atoms with Gasteiger partial charge in [-0.1, -0.05) is 97.1 Å². The number of carbonyl (C=O) groups is 1. The van der Waals surface area contributed by atoms with Gasteiger partial charge in [0.1, 0.15) is 23.8 Å². The maximum Gasteiger partial charge on any atom is 0.352 e. The summed E-state index contributed by atoms with van der Waals surface area (Å²) >= 11 is 0. The van der Waals surface area contributed by atoms with Crippen molar-refractivity contribution in [3.05, 3.63) is 143 Å². The summed E-state index contributed by atoms with van der Waals surface area (Å²) in [7, 11) is 0. The second-order valence-corrected chi connectivity index (χ2v) is 10.1. The molecule has 0 saturated heterocycles. The van der Waals surface area contributed by atoms with Crippen molar-refractivity contribution >= 4 is 27.6 Å². The van der Waals surface area contributed by atoms with Crippen molar-refractivity contribution in [2.75, 3.05) is 6.61 Å². The van der Waals surface area contributed by atoms with E-state index < -0.39 is 5.97 Å². The van der Waals surface area contributed by atoms with Crippen molar-refractivity contribution in [3.63, 3.8) is 0 Å². The number of nitrogens with one attached hydrogen (secondary N) is 1. The van der Waals surface area contributed by atoms with Crippen LogP contribution in [0.3, 0.4) is 0 Å². The van der Waals surface area contributed by atoms with Crippen molar-refractivity contribution < 1.29 is 19.4 Å². The molecule has 0 aliphatic rings. The van der Waals surface area contributed by atoms with Crippen molar-refractivity contribution in [2.45, 2.75) is 25.9 Å². The van der Waals surface area contributed by atoms with Crippen LogP contribution in [-0.2, 0) is 19.4 Å². The summed E-state index contributed by atoms with van der Waals surface area (Å²) in [4.78, 5) is 15.5. The Bertz CT molecular complexity index is 1800. The van der Waals surface area contributed by atoms with Crippen LogP contribution in [0.15, 0.2) is 115 Å². The molecule has 0 aliphatic heterocycles. The Hall–Kier alpha value is -5.03. The van der Waals surface area contributed by atoms with E-state index in [0.29, 0.717) is 32.5 Å². The average Bonchev–Trinajstić information content (AvgIpc) is 3.39. The van der Waals surface area contributed by atoms with Crippen LogP contribution in [0.5, 0.6) is 11.5 Å². The van der Waals surface area contributed by atoms with E-state index in [0.717, 1.165) is 55.4 Å². The van der Waals surface area contributed by atoms with Gasteiger partial charge >= 0.3 is 5.97 Å². The van der Waals surface area contributed by atoms with Crippen LogP contribution in [0.1, 0.15) is 39.2 Å². The number of para-hydroxylation sites is 2. The van der Waals surface area contributed by atoms with Gasteiger partial charge in [-0.2, -0.15) is 0 Å². The standard InChI is InChI=1S/C36H31NO4/c38-36(39)35-32(20-10-22-40-33-21-9-14-25-11-6-7-18-30(25)33)31-19-8-15-27(34(31)37-35)23-26-12-4-5-13-28(26)24-41-29-16-2-1-3-17-29/h1-9,11-19,21,37H,10,20,22-24H2,(H,38,39). The maximum absolute atomic E-state index is 12.3. The van der Waals surface area contributed by atoms with E-state index in [1.807, 2.05) is 78.9 Å². The number of ether oxygens (including phenoxy) is 2. The fourth-order valence-corrected chi connectivity index (χ4v) is 5.43. The minimum absolute atomic E-state index is 0.248. The number of aromatic amines is 1. The number of rotatable bonds is 11. The molecule has 0 radical (unpaired) electrons. The third-order valence-electron chi connectivity index (χ3n) is 7.46. The SMILES string of the molecule is O=C(O)c1[nH]c2c(Cc3ccccc3COc3ccccc3)cccc2c1CCCOc1cccc2ccccc12. The predicted octanol–water partition coefficient (Wildman–Crippen LogP) is 8.20. The molecule has 41 heavy (non-hydrogen) atoms. The van der Waals surface area contributed by atoms with Gasteiger partial charge in [0.05, 0.1) is 6.61 Å². The molecular formula is C36H31NO4. The molecule has 0 atom stereocenters. The predicted molar refractivity (Wildman–Crippen MR) is 163 cm³/mol. The van der Waals surface area contributed by atoms with Crippen LogP contribution in [0.25, 0.3) is 21.7 Å². The van der Waals surface area contributed by atoms with Crippen LogP contribution in [-0.4, -0.2) is 22.7 Å². The lowest BCUT2D eigenvalue weighted by Gasteiger charge is -2.12. The number of H-pyrrole nitrogens is 1. The fourth-order valence-electron chi connectivity index (χ4n) is 5.43. The van der Waals surface area contributed by atoms with Gasteiger partial charge in [0, 0.05) is 16.3 Å². The molecule has 0 saturated carbocycles. The summed E-state index contributed by atoms with van der Waals surface area (Å²) in [6.07, 6.45) is 1.95. The maximum atomic E-state index is 12.3. The summed E-state index contributed by atoms with van der Waals surface area (Å²) < 4.78 is 12.2. The second kappa shape index (κ2) is 12.0. The molecule has 204 valence electrons. The van der Waals surface area contributed by atoms with Crippen LogP contribution in [0.2, 0.25) is 0 Å². The molecule has 0 amide bonds. The summed E-state index contributed by atoms with van der Waals surface area (Å²) in [6.45, 7) is 0.956.